The van der Waals surface area contributed by atoms with E-state index in [0.717, 1.165) is 18.5 Å². The van der Waals surface area contributed by atoms with Gasteiger partial charge >= 0.3 is 0 Å². The predicted molar refractivity (Wildman–Crippen MR) is 36.5 cm³/mol. The molecule has 2 atom stereocenters. The number of fused-ring (bicyclic) bond motifs is 2. The molecule has 0 amide bonds. The Morgan fingerprint density at radius 1 is 1.67 bits per heavy atom. The van der Waals surface area contributed by atoms with E-state index in [1.165, 1.54) is 6.42 Å². The van der Waals surface area contributed by atoms with Crippen molar-refractivity contribution in [3.8, 4) is 0 Å². The fraction of sp³-hybridized carbons (Fsp3) is 0.714. The van der Waals surface area contributed by atoms with Gasteiger partial charge in [0.2, 0.25) is 0 Å². The fourth-order valence-electron chi connectivity index (χ4n) is 1.94. The summed E-state index contributed by atoms with van der Waals surface area (Å²) >= 11 is 0. The van der Waals surface area contributed by atoms with Crippen molar-refractivity contribution in [1.29, 1.82) is 0 Å². The Labute approximate surface area is 54.9 Å². The van der Waals surface area contributed by atoms with Gasteiger partial charge < -0.3 is 11.5 Å². The highest BCUT2D eigenvalue weighted by Gasteiger charge is 2.42. The molecule has 2 aliphatic carbocycles. The Morgan fingerprint density at radius 3 is 2.67 bits per heavy atom. The third kappa shape index (κ3) is 0.540. The summed E-state index contributed by atoms with van der Waals surface area (Å²) < 4.78 is 0. The smallest absolute Gasteiger partial charge is 0.0558 e. The van der Waals surface area contributed by atoms with E-state index in [2.05, 4.69) is 6.08 Å². The molecule has 2 nitrogen and oxygen atoms in total. The van der Waals surface area contributed by atoms with Crippen molar-refractivity contribution < 1.29 is 0 Å². The minimum atomic E-state index is -0.0926. The summed E-state index contributed by atoms with van der Waals surface area (Å²) in [6.07, 6.45) is 5.57. The summed E-state index contributed by atoms with van der Waals surface area (Å²) in [5.74, 6) is 0.704. The molecule has 2 bridgehead atoms. The van der Waals surface area contributed by atoms with Crippen molar-refractivity contribution in [1.82, 2.24) is 0 Å². The van der Waals surface area contributed by atoms with Crippen molar-refractivity contribution in [2.24, 2.45) is 17.4 Å². The van der Waals surface area contributed by atoms with E-state index in [1.54, 1.807) is 0 Å². The van der Waals surface area contributed by atoms with Gasteiger partial charge in [0.15, 0.2) is 0 Å². The van der Waals surface area contributed by atoms with Crippen LogP contribution >= 0.6 is 0 Å². The molecule has 0 heterocycles. The van der Waals surface area contributed by atoms with Gasteiger partial charge in [-0.1, -0.05) is 6.08 Å². The van der Waals surface area contributed by atoms with Crippen LogP contribution in [0.15, 0.2) is 11.8 Å². The van der Waals surface area contributed by atoms with E-state index in [-0.39, 0.29) is 5.54 Å². The van der Waals surface area contributed by atoms with Crippen LogP contribution < -0.4 is 11.5 Å². The second-order valence-electron chi connectivity index (χ2n) is 3.28. The Kier molecular flexibility index (Phi) is 0.776. The highest BCUT2D eigenvalue weighted by molar-refractivity contribution is 5.27. The topological polar surface area (TPSA) is 52.0 Å². The SMILES string of the molecule is NC1=C[C@@H]2CC[C@]1(N)C2. The van der Waals surface area contributed by atoms with Crippen molar-refractivity contribution in [3.63, 3.8) is 0 Å². The molecule has 2 heteroatoms. The molecule has 0 aromatic carbocycles. The highest BCUT2D eigenvalue weighted by Crippen LogP contribution is 2.42. The largest absolute Gasteiger partial charge is 0.401 e. The van der Waals surface area contributed by atoms with Crippen LogP contribution in [-0.2, 0) is 0 Å². The third-order valence-electron chi connectivity index (χ3n) is 2.58. The van der Waals surface area contributed by atoms with Gasteiger partial charge in [-0.15, -0.1) is 0 Å². The lowest BCUT2D eigenvalue weighted by Gasteiger charge is -2.21. The second-order valence-corrected chi connectivity index (χ2v) is 3.28. The van der Waals surface area contributed by atoms with Crippen LogP contribution in [0.4, 0.5) is 0 Å². The Morgan fingerprint density at radius 2 is 2.44 bits per heavy atom. The first-order valence-electron chi connectivity index (χ1n) is 3.47. The van der Waals surface area contributed by atoms with Crippen LogP contribution in [0.25, 0.3) is 0 Å². The van der Waals surface area contributed by atoms with Gasteiger partial charge in [-0.05, 0) is 25.2 Å². The monoisotopic (exact) mass is 124 g/mol. The van der Waals surface area contributed by atoms with Gasteiger partial charge in [0.25, 0.3) is 0 Å². The number of hydrogen-bond donors (Lipinski definition) is 2. The third-order valence-corrected chi connectivity index (χ3v) is 2.58. The molecule has 0 spiro atoms. The zero-order valence-corrected chi connectivity index (χ0v) is 5.43. The minimum Gasteiger partial charge on any atom is -0.401 e. The first-order valence-corrected chi connectivity index (χ1v) is 3.47. The Balaban J connectivity index is 2.37. The lowest BCUT2D eigenvalue weighted by atomic mass is 9.97. The van der Waals surface area contributed by atoms with Crippen molar-refractivity contribution in [2.45, 2.75) is 24.8 Å². The molecule has 2 rings (SSSR count). The number of nitrogens with two attached hydrogens (primary N) is 2. The van der Waals surface area contributed by atoms with Crippen LogP contribution in [0.5, 0.6) is 0 Å². The van der Waals surface area contributed by atoms with E-state index >= 15 is 0 Å². The molecule has 4 N–H and O–H groups in total. The van der Waals surface area contributed by atoms with Crippen LogP contribution in [0.3, 0.4) is 0 Å². The van der Waals surface area contributed by atoms with Crippen LogP contribution in [0, 0.1) is 5.92 Å². The maximum Gasteiger partial charge on any atom is 0.0558 e. The van der Waals surface area contributed by atoms with E-state index in [9.17, 15) is 0 Å². The molecule has 0 aromatic rings. The predicted octanol–water partition coefficient (Wildman–Crippen LogP) is 0.340. The Hall–Kier alpha value is -0.500. The number of rotatable bonds is 0. The van der Waals surface area contributed by atoms with E-state index < -0.39 is 0 Å². The molecule has 0 saturated heterocycles. The maximum atomic E-state index is 5.95. The highest BCUT2D eigenvalue weighted by atomic mass is 14.9. The van der Waals surface area contributed by atoms with Gasteiger partial charge in [0, 0.05) is 5.70 Å². The molecule has 0 unspecified atom stereocenters. The minimum absolute atomic E-state index is 0.0926. The average molecular weight is 124 g/mol. The zero-order valence-electron chi connectivity index (χ0n) is 5.43. The number of hydrogen-bond acceptors (Lipinski definition) is 2. The van der Waals surface area contributed by atoms with Crippen molar-refractivity contribution in [2.75, 3.05) is 0 Å². The summed E-state index contributed by atoms with van der Waals surface area (Å²) in [5.41, 5.74) is 12.5. The molecular formula is C7H12N2. The molecule has 0 aromatic heterocycles. The lowest BCUT2D eigenvalue weighted by molar-refractivity contribution is 0.523. The van der Waals surface area contributed by atoms with E-state index in [1.807, 2.05) is 0 Å². The van der Waals surface area contributed by atoms with Gasteiger partial charge in [0.05, 0.1) is 5.54 Å². The van der Waals surface area contributed by atoms with E-state index in [4.69, 9.17) is 11.5 Å². The van der Waals surface area contributed by atoms with Gasteiger partial charge in [0.1, 0.15) is 0 Å². The van der Waals surface area contributed by atoms with Crippen LogP contribution in [0.1, 0.15) is 19.3 Å². The van der Waals surface area contributed by atoms with Crippen molar-refractivity contribution >= 4 is 0 Å². The standard InChI is InChI=1S/C7H12N2/c8-6-3-5-1-2-7(6,9)4-5/h3,5H,1-2,4,8-9H2/t5-,7-/m0/s1. The summed E-state index contributed by atoms with van der Waals surface area (Å²) in [6, 6.07) is 0. The molecule has 9 heavy (non-hydrogen) atoms. The molecule has 1 saturated carbocycles. The van der Waals surface area contributed by atoms with Gasteiger partial charge in [-0.3, -0.25) is 0 Å². The average Bonchev–Trinajstić information content (AvgIpc) is 2.22. The maximum absolute atomic E-state index is 5.95. The summed E-state index contributed by atoms with van der Waals surface area (Å²) in [4.78, 5) is 0. The summed E-state index contributed by atoms with van der Waals surface area (Å²) in [7, 11) is 0. The normalized spacial score (nSPS) is 47.7. The molecule has 1 fully saturated rings. The molecule has 0 aliphatic heterocycles. The Bertz CT molecular complexity index is 174. The quantitative estimate of drug-likeness (QED) is 0.489. The first kappa shape index (κ1) is 5.30. The van der Waals surface area contributed by atoms with Gasteiger partial charge in [-0.25, -0.2) is 0 Å². The van der Waals surface area contributed by atoms with E-state index in [0.29, 0.717) is 5.92 Å². The molecule has 50 valence electrons. The van der Waals surface area contributed by atoms with Crippen LogP contribution in [0.2, 0.25) is 0 Å². The zero-order chi connectivity index (χ0) is 6.48. The second kappa shape index (κ2) is 1.32. The van der Waals surface area contributed by atoms with Gasteiger partial charge in [-0.2, -0.15) is 0 Å². The fourth-order valence-corrected chi connectivity index (χ4v) is 1.94. The van der Waals surface area contributed by atoms with Crippen molar-refractivity contribution in [3.05, 3.63) is 11.8 Å². The molecule has 0 radical (unpaired) electrons. The summed E-state index contributed by atoms with van der Waals surface area (Å²) in [6.45, 7) is 0. The lowest BCUT2D eigenvalue weighted by Crippen LogP contribution is -2.40. The number of allylic oxidation sites excluding steroid dienone is 1. The summed E-state index contributed by atoms with van der Waals surface area (Å²) in [5, 5.41) is 0. The first-order chi connectivity index (χ1) is 4.21. The molecule has 2 aliphatic rings. The van der Waals surface area contributed by atoms with Crippen LogP contribution in [-0.4, -0.2) is 5.54 Å². The molecular weight excluding hydrogens is 112 g/mol.